The van der Waals surface area contributed by atoms with E-state index in [2.05, 4.69) is 10.6 Å². The molecule has 3 amide bonds. The zero-order valence-electron chi connectivity index (χ0n) is 16.1. The van der Waals surface area contributed by atoms with Gasteiger partial charge in [0.15, 0.2) is 0 Å². The molecule has 7 N–H and O–H groups in total. The van der Waals surface area contributed by atoms with Crippen LogP contribution in [0.1, 0.15) is 32.3 Å². The molecule has 0 fully saturated rings. The molecule has 0 aliphatic heterocycles. The van der Waals surface area contributed by atoms with E-state index in [-0.39, 0.29) is 12.3 Å². The Morgan fingerprint density at radius 2 is 1.61 bits per heavy atom. The van der Waals surface area contributed by atoms with E-state index >= 15 is 0 Å². The molecule has 0 aliphatic carbocycles. The van der Waals surface area contributed by atoms with Gasteiger partial charge in [0, 0.05) is 6.42 Å². The Bertz CT molecular complexity index is 695. The predicted octanol–water partition coefficient (Wildman–Crippen LogP) is -0.468. The largest absolute Gasteiger partial charge is 0.480 e. The topological polar surface area (TPSA) is 165 Å². The van der Waals surface area contributed by atoms with Crippen LogP contribution in [-0.2, 0) is 25.6 Å². The van der Waals surface area contributed by atoms with E-state index in [1.54, 1.807) is 24.3 Å². The van der Waals surface area contributed by atoms with Crippen LogP contribution in [0.5, 0.6) is 0 Å². The van der Waals surface area contributed by atoms with E-state index in [0.29, 0.717) is 6.42 Å². The molecule has 0 radical (unpaired) electrons. The minimum Gasteiger partial charge on any atom is -0.480 e. The smallest absolute Gasteiger partial charge is 0.326 e. The monoisotopic (exact) mass is 392 g/mol. The van der Waals surface area contributed by atoms with Crippen LogP contribution < -0.4 is 22.1 Å². The third kappa shape index (κ3) is 7.36. The second-order valence-electron chi connectivity index (χ2n) is 6.73. The maximum Gasteiger partial charge on any atom is 0.326 e. The van der Waals surface area contributed by atoms with Crippen molar-refractivity contribution in [2.24, 2.45) is 17.4 Å². The lowest BCUT2D eigenvalue weighted by molar-refractivity contribution is -0.143. The quantitative estimate of drug-likeness (QED) is 0.342. The summed E-state index contributed by atoms with van der Waals surface area (Å²) in [7, 11) is 0. The molecule has 0 aliphatic rings. The summed E-state index contributed by atoms with van der Waals surface area (Å²) in [6, 6.07) is 5.58. The highest BCUT2D eigenvalue weighted by Crippen LogP contribution is 2.08. The van der Waals surface area contributed by atoms with Gasteiger partial charge < -0.3 is 27.2 Å². The lowest BCUT2D eigenvalue weighted by atomic mass is 9.98. The van der Waals surface area contributed by atoms with E-state index in [0.717, 1.165) is 5.56 Å². The lowest BCUT2D eigenvalue weighted by Gasteiger charge is -2.24. The van der Waals surface area contributed by atoms with Crippen LogP contribution in [-0.4, -0.2) is 46.9 Å². The van der Waals surface area contributed by atoms with Crippen LogP contribution in [0.4, 0.5) is 0 Å². The van der Waals surface area contributed by atoms with E-state index in [1.807, 2.05) is 19.9 Å². The first-order valence-electron chi connectivity index (χ1n) is 9.07. The van der Waals surface area contributed by atoms with Gasteiger partial charge in [0.05, 0.1) is 12.5 Å². The zero-order chi connectivity index (χ0) is 21.3. The van der Waals surface area contributed by atoms with E-state index in [1.165, 1.54) is 0 Å². The molecule has 1 aromatic carbocycles. The summed E-state index contributed by atoms with van der Waals surface area (Å²) in [5.74, 6) is -3.60. The fourth-order valence-electron chi connectivity index (χ4n) is 2.51. The van der Waals surface area contributed by atoms with Gasteiger partial charge in [-0.2, -0.15) is 0 Å². The number of carboxylic acids is 1. The number of carbonyl (C=O) groups excluding carboxylic acids is 3. The number of benzene rings is 1. The molecule has 9 heteroatoms. The van der Waals surface area contributed by atoms with Gasteiger partial charge in [0.1, 0.15) is 12.1 Å². The van der Waals surface area contributed by atoms with Crippen LogP contribution in [0.15, 0.2) is 30.3 Å². The number of rotatable bonds is 11. The number of hydrogen-bond acceptors (Lipinski definition) is 5. The Morgan fingerprint density at radius 3 is 2.11 bits per heavy atom. The first-order chi connectivity index (χ1) is 13.1. The predicted molar refractivity (Wildman–Crippen MR) is 103 cm³/mol. The van der Waals surface area contributed by atoms with Gasteiger partial charge in [0.2, 0.25) is 17.7 Å². The van der Waals surface area contributed by atoms with Crippen molar-refractivity contribution in [1.29, 1.82) is 0 Å². The van der Waals surface area contributed by atoms with Gasteiger partial charge >= 0.3 is 5.97 Å². The number of hydrogen-bond donors (Lipinski definition) is 5. The van der Waals surface area contributed by atoms with Gasteiger partial charge in [-0.25, -0.2) is 4.79 Å². The number of carbonyl (C=O) groups is 4. The summed E-state index contributed by atoms with van der Waals surface area (Å²) in [5.41, 5.74) is 11.7. The van der Waals surface area contributed by atoms with Gasteiger partial charge in [-0.05, 0) is 11.5 Å². The average Bonchev–Trinajstić information content (AvgIpc) is 2.65. The molecular weight excluding hydrogens is 364 g/mol. The zero-order valence-corrected chi connectivity index (χ0v) is 16.1. The SMILES string of the molecule is CC[C@H](C)[C@H](N)C(=O)N[C@@H](Cc1ccccc1)C(=O)N[C@@H](CC(N)=O)C(=O)O. The summed E-state index contributed by atoms with van der Waals surface area (Å²) in [4.78, 5) is 47.4. The minimum atomic E-state index is -1.48. The number of nitrogens with one attached hydrogen (secondary N) is 2. The number of carboxylic acid groups (broad SMARTS) is 1. The molecule has 0 saturated heterocycles. The Balaban J connectivity index is 2.98. The van der Waals surface area contributed by atoms with Crippen molar-refractivity contribution in [1.82, 2.24) is 10.6 Å². The second-order valence-corrected chi connectivity index (χ2v) is 6.73. The fraction of sp³-hybridized carbons (Fsp3) is 0.474. The maximum absolute atomic E-state index is 12.7. The highest BCUT2D eigenvalue weighted by molar-refractivity contribution is 5.93. The molecule has 0 spiro atoms. The summed E-state index contributed by atoms with van der Waals surface area (Å²) < 4.78 is 0. The number of aliphatic carboxylic acids is 1. The van der Waals surface area contributed by atoms with Crippen molar-refractivity contribution < 1.29 is 24.3 Å². The molecule has 0 bridgehead atoms. The van der Waals surface area contributed by atoms with Crippen molar-refractivity contribution in [2.75, 3.05) is 0 Å². The molecule has 28 heavy (non-hydrogen) atoms. The molecule has 1 aromatic rings. The van der Waals surface area contributed by atoms with E-state index < -0.39 is 48.2 Å². The van der Waals surface area contributed by atoms with Crippen LogP contribution in [0.25, 0.3) is 0 Å². The highest BCUT2D eigenvalue weighted by Gasteiger charge is 2.30. The van der Waals surface area contributed by atoms with Crippen LogP contribution in [0.2, 0.25) is 0 Å². The van der Waals surface area contributed by atoms with Gasteiger partial charge in [-0.3, -0.25) is 14.4 Å². The Hall–Kier alpha value is -2.94. The maximum atomic E-state index is 12.7. The van der Waals surface area contributed by atoms with Gasteiger partial charge in [-0.15, -0.1) is 0 Å². The third-order valence-corrected chi connectivity index (χ3v) is 4.50. The van der Waals surface area contributed by atoms with Crippen LogP contribution >= 0.6 is 0 Å². The summed E-state index contributed by atoms with van der Waals surface area (Å²) in [5, 5.41) is 14.0. The van der Waals surface area contributed by atoms with Crippen LogP contribution in [0, 0.1) is 5.92 Å². The molecule has 154 valence electrons. The molecule has 4 atom stereocenters. The van der Waals surface area contributed by atoms with Crippen molar-refractivity contribution in [3.63, 3.8) is 0 Å². The average molecular weight is 392 g/mol. The molecular formula is C19H28N4O5. The van der Waals surface area contributed by atoms with Gasteiger partial charge in [0.25, 0.3) is 0 Å². The minimum absolute atomic E-state index is 0.0953. The Kier molecular flexibility index (Phi) is 9.10. The highest BCUT2D eigenvalue weighted by atomic mass is 16.4. The molecule has 0 aromatic heterocycles. The summed E-state index contributed by atoms with van der Waals surface area (Å²) >= 11 is 0. The van der Waals surface area contributed by atoms with Crippen molar-refractivity contribution in [2.45, 2.75) is 51.2 Å². The lowest BCUT2D eigenvalue weighted by Crippen LogP contribution is -2.56. The van der Waals surface area contributed by atoms with E-state index in [4.69, 9.17) is 11.5 Å². The Labute approximate surface area is 163 Å². The third-order valence-electron chi connectivity index (χ3n) is 4.50. The van der Waals surface area contributed by atoms with Gasteiger partial charge in [-0.1, -0.05) is 50.6 Å². The van der Waals surface area contributed by atoms with Crippen molar-refractivity contribution >= 4 is 23.7 Å². The molecule has 9 nitrogen and oxygen atoms in total. The van der Waals surface area contributed by atoms with Crippen molar-refractivity contribution in [3.05, 3.63) is 35.9 Å². The number of nitrogens with two attached hydrogens (primary N) is 2. The molecule has 1 rings (SSSR count). The Morgan fingerprint density at radius 1 is 1.04 bits per heavy atom. The number of primary amides is 1. The summed E-state index contributed by atoms with van der Waals surface area (Å²) in [6.45, 7) is 3.72. The second kappa shape index (κ2) is 11.0. The van der Waals surface area contributed by atoms with Crippen molar-refractivity contribution in [3.8, 4) is 0 Å². The number of amides is 3. The molecule has 0 heterocycles. The normalized spacial score (nSPS) is 15.0. The first-order valence-corrected chi connectivity index (χ1v) is 9.07. The van der Waals surface area contributed by atoms with E-state index in [9.17, 15) is 24.3 Å². The standard InChI is InChI=1S/C19H28N4O5/c1-3-11(2)16(21)18(26)22-13(9-12-7-5-4-6-8-12)17(25)23-14(19(27)28)10-15(20)24/h4-8,11,13-14,16H,3,9-10,21H2,1-2H3,(H2,20,24)(H,22,26)(H,23,25)(H,27,28)/t11-,13-,14-,16-/m0/s1. The fourth-order valence-corrected chi connectivity index (χ4v) is 2.51. The summed E-state index contributed by atoms with van der Waals surface area (Å²) in [6.07, 6.45) is 0.262. The molecule has 0 unspecified atom stereocenters. The first kappa shape index (κ1) is 23.1. The molecule has 0 saturated carbocycles. The van der Waals surface area contributed by atoms with Crippen LogP contribution in [0.3, 0.4) is 0 Å².